The molecule has 2 aromatic rings. The van der Waals surface area contributed by atoms with E-state index in [9.17, 15) is 9.90 Å². The summed E-state index contributed by atoms with van der Waals surface area (Å²) in [5.41, 5.74) is 5.09. The van der Waals surface area contributed by atoms with Gasteiger partial charge in [-0.25, -0.2) is 4.79 Å². The highest BCUT2D eigenvalue weighted by atomic mass is 16.5. The Morgan fingerprint density at radius 3 is 2.75 bits per heavy atom. The Labute approximate surface area is 140 Å². The van der Waals surface area contributed by atoms with Gasteiger partial charge in [0.05, 0.1) is 18.8 Å². The summed E-state index contributed by atoms with van der Waals surface area (Å²) < 4.78 is 6.87. The monoisotopic (exact) mass is 338 g/mol. The van der Waals surface area contributed by atoms with Crippen molar-refractivity contribution in [2.75, 3.05) is 18.9 Å². The van der Waals surface area contributed by atoms with E-state index in [0.717, 1.165) is 13.0 Å². The van der Waals surface area contributed by atoms with Crippen LogP contribution in [0.2, 0.25) is 0 Å². The quantitative estimate of drug-likeness (QED) is 0.507. The van der Waals surface area contributed by atoms with Crippen LogP contribution in [0.15, 0.2) is 4.79 Å². The normalized spacial score (nSPS) is 12.2. The fraction of sp³-hybridized carbons (Fsp3) is 0.667. The average molecular weight is 338 g/mol. The van der Waals surface area contributed by atoms with Gasteiger partial charge in [0.2, 0.25) is 0 Å². The first-order valence-corrected chi connectivity index (χ1v) is 8.02. The summed E-state index contributed by atoms with van der Waals surface area (Å²) >= 11 is 0. The molecule has 5 N–H and O–H groups in total. The predicted molar refractivity (Wildman–Crippen MR) is 92.1 cm³/mol. The minimum Gasteiger partial charge on any atom is -0.463 e. The van der Waals surface area contributed by atoms with E-state index in [4.69, 9.17) is 10.5 Å². The van der Waals surface area contributed by atoms with E-state index in [2.05, 4.69) is 34.1 Å². The summed E-state index contributed by atoms with van der Waals surface area (Å²) in [6.07, 6.45) is 0.795. The lowest BCUT2D eigenvalue weighted by Gasteiger charge is -2.17. The van der Waals surface area contributed by atoms with Gasteiger partial charge in [0, 0.05) is 6.04 Å². The number of rotatable bonds is 8. The van der Waals surface area contributed by atoms with Crippen LogP contribution in [0.1, 0.15) is 34.1 Å². The van der Waals surface area contributed by atoms with E-state index in [1.54, 1.807) is 13.8 Å². The van der Waals surface area contributed by atoms with E-state index < -0.39 is 11.3 Å². The van der Waals surface area contributed by atoms with Crippen molar-refractivity contribution in [3.8, 4) is 6.01 Å². The third kappa shape index (κ3) is 4.68. The van der Waals surface area contributed by atoms with E-state index >= 15 is 0 Å². The highest BCUT2D eigenvalue weighted by molar-refractivity contribution is 5.81. The van der Waals surface area contributed by atoms with Gasteiger partial charge in [0.15, 0.2) is 11.5 Å². The molecule has 2 aromatic heterocycles. The maximum Gasteiger partial charge on any atom is 0.327 e. The molecule has 2 rings (SSSR count). The van der Waals surface area contributed by atoms with Gasteiger partial charge in [-0.05, 0) is 26.8 Å². The molecule has 0 aliphatic heterocycles. The lowest BCUT2D eigenvalue weighted by atomic mass is 10.1. The van der Waals surface area contributed by atoms with Gasteiger partial charge in [0.25, 0.3) is 0 Å². The Balaban J connectivity index is 2.18. The second-order valence-corrected chi connectivity index (χ2v) is 6.73. The van der Waals surface area contributed by atoms with Crippen LogP contribution in [-0.2, 0) is 6.54 Å². The Morgan fingerprint density at radius 2 is 2.12 bits per heavy atom. The van der Waals surface area contributed by atoms with Crippen molar-refractivity contribution in [1.29, 1.82) is 0 Å². The zero-order valence-corrected chi connectivity index (χ0v) is 14.6. The third-order valence-electron chi connectivity index (χ3n) is 3.28. The van der Waals surface area contributed by atoms with Gasteiger partial charge in [0.1, 0.15) is 5.52 Å². The molecule has 0 unspecified atom stereocenters. The summed E-state index contributed by atoms with van der Waals surface area (Å²) in [6, 6.07) is 0.539. The molecule has 0 bridgehead atoms. The van der Waals surface area contributed by atoms with E-state index in [1.165, 1.54) is 4.57 Å². The number of nitrogen functional groups attached to an aromatic ring is 1. The first kappa shape index (κ1) is 18.2. The minimum atomic E-state index is -1.07. The van der Waals surface area contributed by atoms with Crippen LogP contribution in [0.3, 0.4) is 0 Å². The summed E-state index contributed by atoms with van der Waals surface area (Å²) in [4.78, 5) is 23.0. The number of imidazole rings is 1. The molecule has 0 aliphatic carbocycles. The molecule has 0 fully saturated rings. The van der Waals surface area contributed by atoms with Gasteiger partial charge < -0.3 is 25.9 Å². The minimum absolute atomic E-state index is 0.0834. The molecular weight excluding hydrogens is 312 g/mol. The van der Waals surface area contributed by atoms with Crippen LogP contribution >= 0.6 is 0 Å². The first-order chi connectivity index (χ1) is 11.2. The molecule has 134 valence electrons. The molecule has 0 atom stereocenters. The Kier molecular flexibility index (Phi) is 5.45. The molecular formula is C15H26N6O3. The number of aromatic nitrogens is 4. The van der Waals surface area contributed by atoms with Gasteiger partial charge >= 0.3 is 11.7 Å². The van der Waals surface area contributed by atoms with Gasteiger partial charge in [-0.3, -0.25) is 4.57 Å². The van der Waals surface area contributed by atoms with Crippen LogP contribution in [0.5, 0.6) is 6.01 Å². The lowest BCUT2D eigenvalue weighted by molar-refractivity contribution is 0.0615. The molecule has 0 saturated heterocycles. The summed E-state index contributed by atoms with van der Waals surface area (Å²) in [6.45, 7) is 8.72. The Hall–Kier alpha value is -2.13. The fourth-order valence-electron chi connectivity index (χ4n) is 2.26. The van der Waals surface area contributed by atoms with Crippen molar-refractivity contribution in [3.05, 3.63) is 10.5 Å². The number of nitrogens with zero attached hydrogens (tertiary/aromatic N) is 3. The van der Waals surface area contributed by atoms with E-state index in [1.807, 2.05) is 0 Å². The third-order valence-corrected chi connectivity index (χ3v) is 3.28. The van der Waals surface area contributed by atoms with E-state index in [-0.39, 0.29) is 18.4 Å². The number of nitrogens with one attached hydrogen (secondary N) is 2. The zero-order valence-electron chi connectivity index (χ0n) is 14.6. The SMILES string of the molecule is CC(C)NCCCOc1nc(N)c2[nH]c(=O)n(CC(C)(C)O)c2n1. The molecule has 0 amide bonds. The van der Waals surface area contributed by atoms with Gasteiger partial charge in [-0.15, -0.1) is 0 Å². The molecule has 9 nitrogen and oxygen atoms in total. The molecule has 0 radical (unpaired) electrons. The second kappa shape index (κ2) is 7.18. The zero-order chi connectivity index (χ0) is 17.9. The summed E-state index contributed by atoms with van der Waals surface area (Å²) in [5.74, 6) is 0.141. The predicted octanol–water partition coefficient (Wildman–Crippen LogP) is 0.240. The van der Waals surface area contributed by atoms with Crippen LogP contribution in [0.25, 0.3) is 11.2 Å². The molecule has 9 heteroatoms. The molecule has 0 aromatic carbocycles. The van der Waals surface area contributed by atoms with Gasteiger partial charge in [-0.1, -0.05) is 13.8 Å². The van der Waals surface area contributed by atoms with E-state index in [0.29, 0.717) is 23.8 Å². The number of anilines is 1. The number of ether oxygens (including phenoxy) is 1. The second-order valence-electron chi connectivity index (χ2n) is 6.73. The van der Waals surface area contributed by atoms with Crippen molar-refractivity contribution < 1.29 is 9.84 Å². The maximum absolute atomic E-state index is 12.1. The fourth-order valence-corrected chi connectivity index (χ4v) is 2.26. The topological polar surface area (TPSA) is 131 Å². The van der Waals surface area contributed by atoms with Crippen molar-refractivity contribution in [1.82, 2.24) is 24.8 Å². The number of nitrogens with two attached hydrogens (primary N) is 1. The highest BCUT2D eigenvalue weighted by Gasteiger charge is 2.20. The summed E-state index contributed by atoms with van der Waals surface area (Å²) in [5, 5.41) is 13.3. The number of hydrogen-bond donors (Lipinski definition) is 4. The lowest BCUT2D eigenvalue weighted by Crippen LogP contribution is -2.31. The van der Waals surface area contributed by atoms with Crippen molar-refractivity contribution in [2.45, 2.75) is 52.3 Å². The smallest absolute Gasteiger partial charge is 0.327 e. The molecule has 0 saturated carbocycles. The number of aromatic amines is 1. The van der Waals surface area contributed by atoms with Crippen molar-refractivity contribution >= 4 is 17.0 Å². The number of H-pyrrole nitrogens is 1. The first-order valence-electron chi connectivity index (χ1n) is 8.02. The largest absolute Gasteiger partial charge is 0.463 e. The van der Waals surface area contributed by atoms with Crippen LogP contribution in [0, 0.1) is 0 Å². The molecule has 0 spiro atoms. The van der Waals surface area contributed by atoms with Crippen LogP contribution in [0.4, 0.5) is 5.82 Å². The van der Waals surface area contributed by atoms with Crippen molar-refractivity contribution in [3.63, 3.8) is 0 Å². The number of fused-ring (bicyclic) bond motifs is 1. The summed E-state index contributed by atoms with van der Waals surface area (Å²) in [7, 11) is 0. The van der Waals surface area contributed by atoms with Crippen molar-refractivity contribution in [2.24, 2.45) is 0 Å². The van der Waals surface area contributed by atoms with Gasteiger partial charge in [-0.2, -0.15) is 9.97 Å². The standard InChI is InChI=1S/C15H26N6O3/c1-9(2)17-6-5-7-24-13-19-11(16)10-12(20-13)21(14(22)18-10)8-15(3,4)23/h9,17,23H,5-8H2,1-4H3,(H,18,22)(H2,16,19,20). The van der Waals surface area contributed by atoms with Crippen LogP contribution < -0.4 is 21.5 Å². The maximum atomic E-state index is 12.1. The molecule has 2 heterocycles. The van der Waals surface area contributed by atoms with Crippen LogP contribution in [-0.4, -0.2) is 49.4 Å². The molecule has 24 heavy (non-hydrogen) atoms. The number of aliphatic hydroxyl groups is 1. The Bertz CT molecular complexity index is 744. The average Bonchev–Trinajstić information content (AvgIpc) is 2.74. The number of hydrogen-bond acceptors (Lipinski definition) is 7. The Morgan fingerprint density at radius 1 is 1.42 bits per heavy atom. The molecule has 0 aliphatic rings. The highest BCUT2D eigenvalue weighted by Crippen LogP contribution is 2.19.